The van der Waals surface area contributed by atoms with Gasteiger partial charge in [-0.25, -0.2) is 4.39 Å². The van der Waals surface area contributed by atoms with Crippen LogP contribution in [0, 0.1) is 0 Å². The normalized spacial score (nSPS) is 27.1. The summed E-state index contributed by atoms with van der Waals surface area (Å²) in [4.78, 5) is 12.3. The minimum atomic E-state index is -0.812. The third-order valence-corrected chi connectivity index (χ3v) is 2.49. The van der Waals surface area contributed by atoms with E-state index in [0.29, 0.717) is 13.0 Å². The Morgan fingerprint density at radius 3 is 3.00 bits per heavy atom. The van der Waals surface area contributed by atoms with Crippen LogP contribution in [0.3, 0.4) is 0 Å². The molecule has 0 amide bonds. The van der Waals surface area contributed by atoms with Crippen LogP contribution in [0.1, 0.15) is 26.2 Å². The highest BCUT2D eigenvalue weighted by Crippen LogP contribution is 2.16. The zero-order valence-electron chi connectivity index (χ0n) is 7.87. The first-order chi connectivity index (χ1) is 6.09. The van der Waals surface area contributed by atoms with Crippen LogP contribution in [-0.4, -0.2) is 41.3 Å². The Morgan fingerprint density at radius 1 is 1.77 bits per heavy atom. The van der Waals surface area contributed by atoms with Gasteiger partial charge in [-0.1, -0.05) is 0 Å². The van der Waals surface area contributed by atoms with E-state index in [1.807, 2.05) is 11.8 Å². The standard InChI is InChI=1S/C9H16FNO2/c1-7(5-9(12)13)11-4-2-3-8(10)6-11/h7-8H,2-6H2,1H3,(H,12,13). The fourth-order valence-corrected chi connectivity index (χ4v) is 1.74. The summed E-state index contributed by atoms with van der Waals surface area (Å²) >= 11 is 0. The lowest BCUT2D eigenvalue weighted by Gasteiger charge is -2.33. The number of piperidine rings is 1. The molecule has 3 nitrogen and oxygen atoms in total. The molecule has 2 atom stereocenters. The van der Waals surface area contributed by atoms with Gasteiger partial charge in [-0.3, -0.25) is 9.69 Å². The number of hydrogen-bond donors (Lipinski definition) is 1. The fourth-order valence-electron chi connectivity index (χ4n) is 1.74. The van der Waals surface area contributed by atoms with E-state index in [2.05, 4.69) is 0 Å². The molecule has 0 bridgehead atoms. The van der Waals surface area contributed by atoms with Crippen molar-refractivity contribution in [2.45, 2.75) is 38.4 Å². The molecule has 13 heavy (non-hydrogen) atoms. The van der Waals surface area contributed by atoms with E-state index in [-0.39, 0.29) is 12.5 Å². The van der Waals surface area contributed by atoms with Crippen molar-refractivity contribution in [1.82, 2.24) is 4.90 Å². The van der Waals surface area contributed by atoms with Crippen molar-refractivity contribution in [3.63, 3.8) is 0 Å². The van der Waals surface area contributed by atoms with Crippen LogP contribution in [0.4, 0.5) is 4.39 Å². The van der Waals surface area contributed by atoms with Gasteiger partial charge < -0.3 is 5.11 Å². The maximum atomic E-state index is 12.9. The van der Waals surface area contributed by atoms with E-state index < -0.39 is 12.1 Å². The molecule has 0 aromatic heterocycles. The number of nitrogens with zero attached hydrogens (tertiary/aromatic N) is 1. The second-order valence-electron chi connectivity index (χ2n) is 3.68. The van der Waals surface area contributed by atoms with Gasteiger partial charge in [-0.15, -0.1) is 0 Å². The van der Waals surface area contributed by atoms with Crippen molar-refractivity contribution >= 4 is 5.97 Å². The smallest absolute Gasteiger partial charge is 0.304 e. The highest BCUT2D eigenvalue weighted by molar-refractivity contribution is 5.67. The molecule has 0 aromatic carbocycles. The first-order valence-corrected chi connectivity index (χ1v) is 4.69. The largest absolute Gasteiger partial charge is 0.481 e. The van der Waals surface area contributed by atoms with Crippen molar-refractivity contribution < 1.29 is 14.3 Å². The number of rotatable bonds is 3. The molecule has 4 heteroatoms. The van der Waals surface area contributed by atoms with Gasteiger partial charge in [0, 0.05) is 12.6 Å². The summed E-state index contributed by atoms with van der Waals surface area (Å²) in [6.07, 6.45) is 0.790. The molecule has 0 aromatic rings. The third-order valence-electron chi connectivity index (χ3n) is 2.49. The minimum Gasteiger partial charge on any atom is -0.481 e. The highest BCUT2D eigenvalue weighted by atomic mass is 19.1. The SMILES string of the molecule is CC(CC(=O)O)N1CCCC(F)C1. The Balaban J connectivity index is 2.36. The van der Waals surface area contributed by atoms with Gasteiger partial charge in [0.15, 0.2) is 0 Å². The lowest BCUT2D eigenvalue weighted by molar-refractivity contribution is -0.138. The Hall–Kier alpha value is -0.640. The molecule has 0 saturated carbocycles. The maximum Gasteiger partial charge on any atom is 0.304 e. The number of likely N-dealkylation sites (tertiary alicyclic amines) is 1. The Kier molecular flexibility index (Phi) is 3.66. The van der Waals surface area contributed by atoms with Crippen LogP contribution in [0.5, 0.6) is 0 Å². The quantitative estimate of drug-likeness (QED) is 0.727. The molecule has 1 rings (SSSR count). The highest BCUT2D eigenvalue weighted by Gasteiger charge is 2.24. The topological polar surface area (TPSA) is 40.5 Å². The second kappa shape index (κ2) is 4.56. The summed E-state index contributed by atoms with van der Waals surface area (Å²) in [6, 6.07) is -0.0453. The van der Waals surface area contributed by atoms with Gasteiger partial charge in [0.25, 0.3) is 0 Å². The van der Waals surface area contributed by atoms with Crippen molar-refractivity contribution in [2.24, 2.45) is 0 Å². The second-order valence-corrected chi connectivity index (χ2v) is 3.68. The minimum absolute atomic E-state index is 0.0453. The van der Waals surface area contributed by atoms with Gasteiger partial charge in [-0.05, 0) is 26.3 Å². The predicted molar refractivity (Wildman–Crippen MR) is 47.4 cm³/mol. The monoisotopic (exact) mass is 189 g/mol. The number of alkyl halides is 1. The van der Waals surface area contributed by atoms with Crippen molar-refractivity contribution in [3.8, 4) is 0 Å². The Bertz CT molecular complexity index is 186. The molecule has 0 spiro atoms. The van der Waals surface area contributed by atoms with Crippen LogP contribution in [-0.2, 0) is 4.79 Å². The lowest BCUT2D eigenvalue weighted by atomic mass is 10.1. The van der Waals surface area contributed by atoms with Gasteiger partial charge in [-0.2, -0.15) is 0 Å². The van der Waals surface area contributed by atoms with Crippen LogP contribution in [0.25, 0.3) is 0 Å². The number of carbonyl (C=O) groups is 1. The summed E-state index contributed by atoms with van der Waals surface area (Å²) in [5.41, 5.74) is 0. The average molecular weight is 189 g/mol. The molecule has 0 aliphatic carbocycles. The molecule has 1 aliphatic heterocycles. The van der Waals surface area contributed by atoms with Crippen LogP contribution in [0.15, 0.2) is 0 Å². The van der Waals surface area contributed by atoms with E-state index in [1.165, 1.54) is 0 Å². The number of hydrogen-bond acceptors (Lipinski definition) is 2. The molecule has 1 aliphatic rings. The molecular weight excluding hydrogens is 173 g/mol. The number of aliphatic carboxylic acids is 1. The fraction of sp³-hybridized carbons (Fsp3) is 0.889. The van der Waals surface area contributed by atoms with Crippen LogP contribution < -0.4 is 0 Å². The van der Waals surface area contributed by atoms with Crippen molar-refractivity contribution in [2.75, 3.05) is 13.1 Å². The molecule has 1 N–H and O–H groups in total. The average Bonchev–Trinajstić information content (AvgIpc) is 2.03. The zero-order chi connectivity index (χ0) is 9.84. The summed E-state index contributed by atoms with van der Waals surface area (Å²) in [5.74, 6) is -0.812. The molecule has 1 saturated heterocycles. The van der Waals surface area contributed by atoms with Gasteiger partial charge in [0.2, 0.25) is 0 Å². The van der Waals surface area contributed by atoms with Gasteiger partial charge in [0.05, 0.1) is 6.42 Å². The van der Waals surface area contributed by atoms with E-state index in [4.69, 9.17) is 5.11 Å². The molecule has 2 unspecified atom stereocenters. The molecular formula is C9H16FNO2. The summed E-state index contributed by atoms with van der Waals surface area (Å²) in [5, 5.41) is 8.56. The van der Waals surface area contributed by atoms with Crippen LogP contribution >= 0.6 is 0 Å². The Morgan fingerprint density at radius 2 is 2.46 bits per heavy atom. The van der Waals surface area contributed by atoms with Crippen molar-refractivity contribution in [3.05, 3.63) is 0 Å². The number of carboxylic acids is 1. The van der Waals surface area contributed by atoms with E-state index >= 15 is 0 Å². The summed E-state index contributed by atoms with van der Waals surface area (Å²) in [7, 11) is 0. The van der Waals surface area contributed by atoms with Gasteiger partial charge >= 0.3 is 5.97 Å². The molecule has 1 fully saturated rings. The third kappa shape index (κ3) is 3.30. The first kappa shape index (κ1) is 10.4. The maximum absolute atomic E-state index is 12.9. The molecule has 0 radical (unpaired) electrons. The first-order valence-electron chi connectivity index (χ1n) is 4.69. The number of halogens is 1. The molecule has 1 heterocycles. The lowest BCUT2D eigenvalue weighted by Crippen LogP contribution is -2.42. The van der Waals surface area contributed by atoms with Crippen LogP contribution in [0.2, 0.25) is 0 Å². The summed E-state index contributed by atoms with van der Waals surface area (Å²) in [6.45, 7) is 3.06. The summed E-state index contributed by atoms with van der Waals surface area (Å²) < 4.78 is 12.9. The zero-order valence-corrected chi connectivity index (χ0v) is 7.87. The molecule has 76 valence electrons. The number of carboxylic acid groups (broad SMARTS) is 1. The van der Waals surface area contributed by atoms with Gasteiger partial charge in [0.1, 0.15) is 6.17 Å². The van der Waals surface area contributed by atoms with E-state index in [1.54, 1.807) is 0 Å². The van der Waals surface area contributed by atoms with E-state index in [0.717, 1.165) is 13.0 Å². The Labute approximate surface area is 77.5 Å². The van der Waals surface area contributed by atoms with Crippen molar-refractivity contribution in [1.29, 1.82) is 0 Å². The predicted octanol–water partition coefficient (Wildman–Crippen LogP) is 1.28. The van der Waals surface area contributed by atoms with E-state index in [9.17, 15) is 9.18 Å².